The minimum atomic E-state index is -0.881. The van der Waals surface area contributed by atoms with E-state index in [-0.39, 0.29) is 6.10 Å². The summed E-state index contributed by atoms with van der Waals surface area (Å²) >= 11 is 1.41. The molecular weight excluding hydrogens is 218 g/mol. The molecule has 2 atom stereocenters. The predicted molar refractivity (Wildman–Crippen MR) is 53.9 cm³/mol. The monoisotopic (exact) mass is 229 g/mol. The molecule has 0 saturated carbocycles. The molecule has 0 spiro atoms. The zero-order chi connectivity index (χ0) is 10.7. The lowest BCUT2D eigenvalue weighted by Gasteiger charge is -2.10. The van der Waals surface area contributed by atoms with Crippen LogP contribution in [0, 0.1) is 0 Å². The maximum atomic E-state index is 10.6. The van der Waals surface area contributed by atoms with Gasteiger partial charge in [0, 0.05) is 6.54 Å². The second-order valence-corrected chi connectivity index (χ2v) is 4.12. The normalized spacial score (nSPS) is 25.3. The number of rotatable bonds is 4. The first-order valence-corrected chi connectivity index (χ1v) is 5.52. The highest BCUT2D eigenvalue weighted by Crippen LogP contribution is 2.20. The third-order valence-electron chi connectivity index (χ3n) is 2.22. The number of nitrogens with one attached hydrogen (secondary N) is 1. The van der Waals surface area contributed by atoms with E-state index in [4.69, 9.17) is 9.84 Å². The Morgan fingerprint density at radius 3 is 3.20 bits per heavy atom. The average Bonchev–Trinajstić information content (AvgIpc) is 2.86. The molecule has 1 aromatic rings. The third-order valence-corrected chi connectivity index (χ3v) is 2.87. The molecule has 1 aliphatic heterocycles. The fraction of sp³-hybridized carbons (Fsp3) is 0.625. The molecule has 1 aromatic heterocycles. The standard InChI is InChI=1S/C8H11N3O3S/c12-7(13)6-2-1-5(14-6)3-9-8-11-10-4-15-8/h4-6H,1-3H2,(H,9,11)(H,12,13). The van der Waals surface area contributed by atoms with Gasteiger partial charge in [-0.2, -0.15) is 0 Å². The molecular formula is C8H11N3O3S. The highest BCUT2D eigenvalue weighted by Gasteiger charge is 2.30. The van der Waals surface area contributed by atoms with E-state index < -0.39 is 12.1 Å². The summed E-state index contributed by atoms with van der Waals surface area (Å²) in [5.41, 5.74) is 1.64. The van der Waals surface area contributed by atoms with E-state index in [2.05, 4.69) is 15.5 Å². The summed E-state index contributed by atoms with van der Waals surface area (Å²) in [7, 11) is 0. The fourth-order valence-electron chi connectivity index (χ4n) is 1.49. The molecule has 6 nitrogen and oxygen atoms in total. The number of aromatic nitrogens is 2. The quantitative estimate of drug-likeness (QED) is 0.785. The van der Waals surface area contributed by atoms with Crippen LogP contribution in [0.1, 0.15) is 12.8 Å². The summed E-state index contributed by atoms with van der Waals surface area (Å²) < 4.78 is 5.32. The van der Waals surface area contributed by atoms with E-state index in [9.17, 15) is 4.79 Å². The van der Waals surface area contributed by atoms with E-state index in [1.54, 1.807) is 5.51 Å². The van der Waals surface area contributed by atoms with Gasteiger partial charge in [0.1, 0.15) is 5.51 Å². The highest BCUT2D eigenvalue weighted by atomic mass is 32.1. The lowest BCUT2D eigenvalue weighted by Crippen LogP contribution is -2.24. The largest absolute Gasteiger partial charge is 0.479 e. The maximum Gasteiger partial charge on any atom is 0.332 e. The second-order valence-electron chi connectivity index (χ2n) is 3.29. The van der Waals surface area contributed by atoms with Crippen LogP contribution >= 0.6 is 11.3 Å². The Morgan fingerprint density at radius 2 is 2.60 bits per heavy atom. The summed E-state index contributed by atoms with van der Waals surface area (Å²) in [5.74, 6) is -0.881. The van der Waals surface area contributed by atoms with Gasteiger partial charge in [0.25, 0.3) is 0 Å². The molecule has 2 rings (SSSR count). The second kappa shape index (κ2) is 4.54. The van der Waals surface area contributed by atoms with Gasteiger partial charge < -0.3 is 15.2 Å². The zero-order valence-electron chi connectivity index (χ0n) is 7.92. The van der Waals surface area contributed by atoms with Crippen molar-refractivity contribution in [1.82, 2.24) is 10.2 Å². The van der Waals surface area contributed by atoms with Crippen molar-refractivity contribution in [3.63, 3.8) is 0 Å². The van der Waals surface area contributed by atoms with Crippen LogP contribution in [0.25, 0.3) is 0 Å². The predicted octanol–water partition coefficient (Wildman–Crippen LogP) is 0.582. The van der Waals surface area contributed by atoms with Crippen LogP contribution in [0.3, 0.4) is 0 Å². The number of hydrogen-bond acceptors (Lipinski definition) is 6. The highest BCUT2D eigenvalue weighted by molar-refractivity contribution is 7.13. The molecule has 7 heteroatoms. The lowest BCUT2D eigenvalue weighted by molar-refractivity contribution is -0.149. The van der Waals surface area contributed by atoms with Crippen molar-refractivity contribution in [2.45, 2.75) is 25.0 Å². The SMILES string of the molecule is O=C(O)C1CCC(CNc2nncs2)O1. The van der Waals surface area contributed by atoms with Crippen molar-refractivity contribution >= 4 is 22.4 Å². The summed E-state index contributed by atoms with van der Waals surface area (Å²) in [6, 6.07) is 0. The number of carboxylic acids is 1. The topological polar surface area (TPSA) is 84.3 Å². The summed E-state index contributed by atoms with van der Waals surface area (Å²) in [5, 5.41) is 20.0. The number of carbonyl (C=O) groups is 1. The third kappa shape index (κ3) is 2.63. The molecule has 82 valence electrons. The molecule has 1 fully saturated rings. The van der Waals surface area contributed by atoms with E-state index in [1.165, 1.54) is 11.3 Å². The van der Waals surface area contributed by atoms with Crippen molar-refractivity contribution in [3.05, 3.63) is 5.51 Å². The summed E-state index contributed by atoms with van der Waals surface area (Å²) in [4.78, 5) is 10.6. The van der Waals surface area contributed by atoms with Gasteiger partial charge in [-0.15, -0.1) is 10.2 Å². The van der Waals surface area contributed by atoms with Gasteiger partial charge in [0.15, 0.2) is 6.10 Å². The Kier molecular flexibility index (Phi) is 3.12. The van der Waals surface area contributed by atoms with Gasteiger partial charge >= 0.3 is 5.97 Å². The maximum absolute atomic E-state index is 10.6. The molecule has 2 N–H and O–H groups in total. The van der Waals surface area contributed by atoms with Crippen LogP contribution in [0.2, 0.25) is 0 Å². The number of hydrogen-bond donors (Lipinski definition) is 2. The molecule has 0 amide bonds. The van der Waals surface area contributed by atoms with Crippen LogP contribution in [-0.2, 0) is 9.53 Å². The summed E-state index contributed by atoms with van der Waals surface area (Å²) in [6.45, 7) is 0.582. The molecule has 0 bridgehead atoms. The molecule has 15 heavy (non-hydrogen) atoms. The van der Waals surface area contributed by atoms with Crippen LogP contribution in [0.15, 0.2) is 5.51 Å². The molecule has 0 radical (unpaired) electrons. The zero-order valence-corrected chi connectivity index (χ0v) is 8.74. The molecule has 1 aliphatic rings. The Bertz CT molecular complexity index is 330. The first kappa shape index (κ1) is 10.3. The lowest BCUT2D eigenvalue weighted by atomic mass is 10.2. The van der Waals surface area contributed by atoms with Crippen LogP contribution < -0.4 is 5.32 Å². The minimum absolute atomic E-state index is 0.0463. The minimum Gasteiger partial charge on any atom is -0.479 e. The van der Waals surface area contributed by atoms with Gasteiger partial charge in [-0.3, -0.25) is 0 Å². The van der Waals surface area contributed by atoms with Crippen LogP contribution in [0.4, 0.5) is 5.13 Å². The Hall–Kier alpha value is -1.21. The summed E-state index contributed by atoms with van der Waals surface area (Å²) in [6.07, 6.45) is 0.654. The van der Waals surface area contributed by atoms with E-state index in [0.717, 1.165) is 11.6 Å². The number of nitrogens with zero attached hydrogens (tertiary/aromatic N) is 2. The fourth-order valence-corrected chi connectivity index (χ4v) is 1.94. The molecule has 2 unspecified atom stereocenters. The molecule has 1 saturated heterocycles. The van der Waals surface area contributed by atoms with Gasteiger partial charge in [-0.05, 0) is 12.8 Å². The van der Waals surface area contributed by atoms with Crippen molar-refractivity contribution in [3.8, 4) is 0 Å². The molecule has 0 aromatic carbocycles. The Morgan fingerprint density at radius 1 is 1.73 bits per heavy atom. The smallest absolute Gasteiger partial charge is 0.332 e. The van der Waals surface area contributed by atoms with Crippen LogP contribution in [-0.4, -0.2) is 40.0 Å². The van der Waals surface area contributed by atoms with E-state index in [1.807, 2.05) is 0 Å². The van der Waals surface area contributed by atoms with E-state index >= 15 is 0 Å². The molecule has 0 aliphatic carbocycles. The van der Waals surface area contributed by atoms with Crippen molar-refractivity contribution in [2.75, 3.05) is 11.9 Å². The number of aliphatic carboxylic acids is 1. The van der Waals surface area contributed by atoms with Crippen molar-refractivity contribution in [2.24, 2.45) is 0 Å². The number of anilines is 1. The van der Waals surface area contributed by atoms with Gasteiger partial charge in [0.2, 0.25) is 5.13 Å². The Balaban J connectivity index is 1.75. The van der Waals surface area contributed by atoms with Gasteiger partial charge in [-0.1, -0.05) is 11.3 Å². The van der Waals surface area contributed by atoms with Gasteiger partial charge in [-0.25, -0.2) is 4.79 Å². The van der Waals surface area contributed by atoms with Crippen molar-refractivity contribution < 1.29 is 14.6 Å². The number of ether oxygens (including phenoxy) is 1. The first-order valence-electron chi connectivity index (χ1n) is 4.64. The number of carboxylic acid groups (broad SMARTS) is 1. The van der Waals surface area contributed by atoms with Crippen LogP contribution in [0.5, 0.6) is 0 Å². The first-order chi connectivity index (χ1) is 7.25. The van der Waals surface area contributed by atoms with E-state index in [0.29, 0.717) is 13.0 Å². The molecule has 2 heterocycles. The Labute approximate surface area is 90.3 Å². The average molecular weight is 229 g/mol. The van der Waals surface area contributed by atoms with Crippen molar-refractivity contribution in [1.29, 1.82) is 0 Å². The van der Waals surface area contributed by atoms with Gasteiger partial charge in [0.05, 0.1) is 6.10 Å².